The Morgan fingerprint density at radius 3 is 2.88 bits per heavy atom. The van der Waals surface area contributed by atoms with E-state index in [0.717, 1.165) is 19.4 Å². The van der Waals surface area contributed by atoms with Gasteiger partial charge in [-0.1, -0.05) is 0 Å². The SMILES string of the molecule is CC(N)CCCC(=O)NC1CCN(C)C1=O. The van der Waals surface area contributed by atoms with Crippen molar-refractivity contribution in [3.8, 4) is 0 Å². The molecule has 0 saturated carbocycles. The zero-order chi connectivity index (χ0) is 12.1. The van der Waals surface area contributed by atoms with Crippen LogP contribution in [0.1, 0.15) is 32.6 Å². The van der Waals surface area contributed by atoms with Gasteiger partial charge in [-0.3, -0.25) is 9.59 Å². The molecule has 16 heavy (non-hydrogen) atoms. The highest BCUT2D eigenvalue weighted by Crippen LogP contribution is 2.09. The summed E-state index contributed by atoms with van der Waals surface area (Å²) in [7, 11) is 1.75. The number of likely N-dealkylation sites (tertiary alicyclic amines) is 1. The first kappa shape index (κ1) is 13.0. The van der Waals surface area contributed by atoms with Crippen LogP contribution in [-0.2, 0) is 9.59 Å². The number of carbonyl (C=O) groups is 2. The summed E-state index contributed by atoms with van der Waals surface area (Å²) in [5, 5.41) is 2.76. The fourth-order valence-electron chi connectivity index (χ4n) is 1.81. The summed E-state index contributed by atoms with van der Waals surface area (Å²) < 4.78 is 0. The minimum atomic E-state index is -0.312. The number of nitrogens with one attached hydrogen (secondary N) is 1. The Kier molecular flexibility index (Phi) is 4.73. The lowest BCUT2D eigenvalue weighted by Crippen LogP contribution is -2.40. The monoisotopic (exact) mass is 227 g/mol. The molecule has 0 aromatic carbocycles. The van der Waals surface area contributed by atoms with Crippen molar-refractivity contribution in [1.82, 2.24) is 10.2 Å². The van der Waals surface area contributed by atoms with Crippen LogP contribution in [0.2, 0.25) is 0 Å². The molecule has 0 radical (unpaired) electrons. The molecule has 2 unspecified atom stereocenters. The predicted molar refractivity (Wildman–Crippen MR) is 61.7 cm³/mol. The molecule has 1 heterocycles. The number of hydrogen-bond acceptors (Lipinski definition) is 3. The van der Waals surface area contributed by atoms with Crippen LogP contribution in [0.5, 0.6) is 0 Å². The third-order valence-electron chi connectivity index (χ3n) is 2.83. The Labute approximate surface area is 96.4 Å². The van der Waals surface area contributed by atoms with Crippen molar-refractivity contribution < 1.29 is 9.59 Å². The topological polar surface area (TPSA) is 75.4 Å². The zero-order valence-corrected chi connectivity index (χ0v) is 10.0. The second-order valence-electron chi connectivity index (χ2n) is 4.54. The van der Waals surface area contributed by atoms with Crippen LogP contribution in [0.3, 0.4) is 0 Å². The summed E-state index contributed by atoms with van der Waals surface area (Å²) in [6.45, 7) is 2.65. The minimum absolute atomic E-state index is 0.0144. The normalized spacial score (nSPS) is 22.3. The Balaban J connectivity index is 2.22. The summed E-state index contributed by atoms with van der Waals surface area (Å²) >= 11 is 0. The number of likely N-dealkylation sites (N-methyl/N-ethyl adjacent to an activating group) is 1. The number of nitrogens with zero attached hydrogens (tertiary/aromatic N) is 1. The summed E-state index contributed by atoms with van der Waals surface area (Å²) in [6.07, 6.45) is 2.79. The van der Waals surface area contributed by atoms with Crippen LogP contribution < -0.4 is 11.1 Å². The van der Waals surface area contributed by atoms with Gasteiger partial charge >= 0.3 is 0 Å². The van der Waals surface area contributed by atoms with Crippen molar-refractivity contribution in [2.45, 2.75) is 44.7 Å². The number of rotatable bonds is 5. The number of carbonyl (C=O) groups excluding carboxylic acids is 2. The van der Waals surface area contributed by atoms with Gasteiger partial charge in [0.05, 0.1) is 0 Å². The fraction of sp³-hybridized carbons (Fsp3) is 0.818. The molecule has 1 fully saturated rings. The van der Waals surface area contributed by atoms with E-state index in [1.165, 1.54) is 0 Å². The van der Waals surface area contributed by atoms with Crippen LogP contribution in [0.25, 0.3) is 0 Å². The molecule has 0 spiro atoms. The summed E-state index contributed by atoms with van der Waals surface area (Å²) in [5.41, 5.74) is 5.59. The van der Waals surface area contributed by atoms with Gasteiger partial charge in [-0.15, -0.1) is 0 Å². The van der Waals surface area contributed by atoms with Gasteiger partial charge in [-0.2, -0.15) is 0 Å². The summed E-state index contributed by atoms with van der Waals surface area (Å²) in [6, 6.07) is -0.181. The molecule has 5 heteroatoms. The maximum Gasteiger partial charge on any atom is 0.244 e. The van der Waals surface area contributed by atoms with Gasteiger partial charge in [-0.25, -0.2) is 0 Å². The molecule has 0 aromatic heterocycles. The van der Waals surface area contributed by atoms with Gasteiger partial charge in [0.1, 0.15) is 6.04 Å². The zero-order valence-electron chi connectivity index (χ0n) is 10.0. The highest BCUT2D eigenvalue weighted by atomic mass is 16.2. The van der Waals surface area contributed by atoms with Gasteiger partial charge in [0.2, 0.25) is 11.8 Å². The van der Waals surface area contributed by atoms with Crippen molar-refractivity contribution in [3.63, 3.8) is 0 Å². The molecule has 1 rings (SSSR count). The molecular formula is C11H21N3O2. The number of nitrogens with two attached hydrogens (primary N) is 1. The van der Waals surface area contributed by atoms with Crippen LogP contribution in [0.15, 0.2) is 0 Å². The molecule has 92 valence electrons. The molecule has 1 saturated heterocycles. The van der Waals surface area contributed by atoms with E-state index in [9.17, 15) is 9.59 Å². The molecular weight excluding hydrogens is 206 g/mol. The molecule has 0 aromatic rings. The average molecular weight is 227 g/mol. The second-order valence-corrected chi connectivity index (χ2v) is 4.54. The first-order valence-corrected chi connectivity index (χ1v) is 5.80. The van der Waals surface area contributed by atoms with Crippen molar-refractivity contribution in [2.24, 2.45) is 5.73 Å². The Morgan fingerprint density at radius 2 is 2.38 bits per heavy atom. The molecule has 2 amide bonds. The standard InChI is InChI=1S/C11H21N3O2/c1-8(12)4-3-5-10(15)13-9-6-7-14(2)11(9)16/h8-9H,3-7,12H2,1-2H3,(H,13,15). The third kappa shape index (κ3) is 3.81. The van der Waals surface area contributed by atoms with Crippen LogP contribution in [0.4, 0.5) is 0 Å². The van der Waals surface area contributed by atoms with E-state index < -0.39 is 0 Å². The molecule has 2 atom stereocenters. The van der Waals surface area contributed by atoms with Crippen molar-refractivity contribution >= 4 is 11.8 Å². The average Bonchev–Trinajstić information content (AvgIpc) is 2.49. The van der Waals surface area contributed by atoms with Crippen molar-refractivity contribution in [1.29, 1.82) is 0 Å². The number of amides is 2. The fourth-order valence-corrected chi connectivity index (χ4v) is 1.81. The van der Waals surface area contributed by atoms with Crippen LogP contribution in [-0.4, -0.2) is 42.4 Å². The van der Waals surface area contributed by atoms with E-state index in [1.54, 1.807) is 11.9 Å². The van der Waals surface area contributed by atoms with Crippen molar-refractivity contribution in [3.05, 3.63) is 0 Å². The lowest BCUT2D eigenvalue weighted by atomic mass is 10.1. The first-order valence-electron chi connectivity index (χ1n) is 5.80. The molecule has 0 bridgehead atoms. The molecule has 1 aliphatic heterocycles. The lowest BCUT2D eigenvalue weighted by molar-refractivity contribution is -0.131. The number of hydrogen-bond donors (Lipinski definition) is 2. The van der Waals surface area contributed by atoms with Gasteiger partial charge < -0.3 is 16.0 Å². The van der Waals surface area contributed by atoms with Gasteiger partial charge in [-0.05, 0) is 26.2 Å². The van der Waals surface area contributed by atoms with E-state index in [0.29, 0.717) is 12.8 Å². The van der Waals surface area contributed by atoms with E-state index in [4.69, 9.17) is 5.73 Å². The van der Waals surface area contributed by atoms with Crippen molar-refractivity contribution in [2.75, 3.05) is 13.6 Å². The Morgan fingerprint density at radius 1 is 1.69 bits per heavy atom. The third-order valence-corrected chi connectivity index (χ3v) is 2.83. The van der Waals surface area contributed by atoms with Gasteiger partial charge in [0.15, 0.2) is 0 Å². The maximum absolute atomic E-state index is 11.5. The highest BCUT2D eigenvalue weighted by Gasteiger charge is 2.29. The van der Waals surface area contributed by atoms with Gasteiger partial charge in [0.25, 0.3) is 0 Å². The minimum Gasteiger partial charge on any atom is -0.344 e. The van der Waals surface area contributed by atoms with E-state index in [-0.39, 0.29) is 23.9 Å². The molecule has 0 aliphatic carbocycles. The first-order chi connectivity index (χ1) is 7.50. The Hall–Kier alpha value is -1.10. The van der Waals surface area contributed by atoms with E-state index in [2.05, 4.69) is 5.32 Å². The quantitative estimate of drug-likeness (QED) is 0.686. The molecule has 5 nitrogen and oxygen atoms in total. The second kappa shape index (κ2) is 5.84. The van der Waals surface area contributed by atoms with Gasteiger partial charge in [0, 0.05) is 26.1 Å². The van der Waals surface area contributed by atoms with Crippen LogP contribution in [0, 0.1) is 0 Å². The summed E-state index contributed by atoms with van der Waals surface area (Å²) in [5.74, 6) is -0.0326. The molecule has 3 N–H and O–H groups in total. The van der Waals surface area contributed by atoms with Crippen LogP contribution >= 0.6 is 0 Å². The van der Waals surface area contributed by atoms with E-state index >= 15 is 0 Å². The lowest BCUT2D eigenvalue weighted by Gasteiger charge is -2.12. The highest BCUT2D eigenvalue weighted by molar-refractivity contribution is 5.88. The largest absolute Gasteiger partial charge is 0.344 e. The summed E-state index contributed by atoms with van der Waals surface area (Å²) in [4.78, 5) is 24.7. The smallest absolute Gasteiger partial charge is 0.244 e. The maximum atomic E-state index is 11.5. The predicted octanol–water partition coefficient (Wildman–Crippen LogP) is -0.149. The molecule has 1 aliphatic rings. The Bertz CT molecular complexity index is 266. The van der Waals surface area contributed by atoms with E-state index in [1.807, 2.05) is 6.92 Å².